The first-order valence-electron chi connectivity index (χ1n) is 7.16. The van der Waals surface area contributed by atoms with E-state index in [2.05, 4.69) is 39.5 Å². The number of allylic oxidation sites excluding steroid dienone is 3. The van der Waals surface area contributed by atoms with E-state index in [0.717, 1.165) is 33.7 Å². The fourth-order valence-corrected chi connectivity index (χ4v) is 3.31. The molecule has 1 aliphatic carbocycles. The van der Waals surface area contributed by atoms with Gasteiger partial charge >= 0.3 is 0 Å². The molecule has 0 fully saturated rings. The van der Waals surface area contributed by atoms with E-state index in [1.165, 1.54) is 0 Å². The molecular weight excluding hydrogens is 318 g/mol. The zero-order valence-corrected chi connectivity index (χ0v) is 13.2. The van der Waals surface area contributed by atoms with Gasteiger partial charge in [0.25, 0.3) is 0 Å². The molecule has 1 spiro atoms. The Bertz CT molecular complexity index is 629. The Morgan fingerprint density at radius 1 is 1.35 bits per heavy atom. The molecule has 3 rings (SSSR count). The largest absolute Gasteiger partial charge is 0.497 e. The number of ether oxygens (including phenoxy) is 2. The first kappa shape index (κ1) is 12.3. The Morgan fingerprint density at radius 2 is 2.20 bits per heavy atom. The van der Waals surface area contributed by atoms with Crippen LogP contribution in [0.5, 0.6) is 5.75 Å². The van der Waals surface area contributed by atoms with Gasteiger partial charge in [-0.05, 0) is 42.7 Å². The minimum absolute atomic E-state index is 0.255. The van der Waals surface area contributed by atoms with Gasteiger partial charge in [0, 0.05) is 17.8 Å². The average molecular weight is 337 g/mol. The summed E-state index contributed by atoms with van der Waals surface area (Å²) in [5.41, 5.74) is 1.75. The molecule has 0 aromatic heterocycles. The van der Waals surface area contributed by atoms with Crippen molar-refractivity contribution >= 4 is 21.6 Å². The molecule has 0 saturated heterocycles. The Morgan fingerprint density at radius 3 is 2.85 bits per heavy atom. The van der Waals surface area contributed by atoms with Gasteiger partial charge in [-0.25, -0.2) is 0 Å². The molecule has 1 aliphatic heterocycles. The minimum Gasteiger partial charge on any atom is -0.497 e. The summed E-state index contributed by atoms with van der Waals surface area (Å²) in [6, 6.07) is 4.04. The highest BCUT2D eigenvalue weighted by Gasteiger charge is 2.36. The summed E-state index contributed by atoms with van der Waals surface area (Å²) in [6.07, 6.45) is 6.64. The third-order valence-corrected chi connectivity index (χ3v) is 4.41. The lowest BCUT2D eigenvalue weighted by Gasteiger charge is -2.39. The van der Waals surface area contributed by atoms with Crippen LogP contribution in [0.3, 0.4) is 0 Å². The zero-order chi connectivity index (χ0) is 15.0. The molecule has 0 radical (unpaired) electrons. The first-order chi connectivity index (χ1) is 10.1. The molecule has 2 aliphatic rings. The van der Waals surface area contributed by atoms with E-state index >= 15 is 0 Å². The molecule has 3 nitrogen and oxygen atoms in total. The fraction of sp³-hybridized carbons (Fsp3) is 0.375. The molecule has 0 amide bonds. The van der Waals surface area contributed by atoms with Crippen molar-refractivity contribution in [3.05, 3.63) is 46.2 Å². The number of fused-ring (bicyclic) bond motifs is 2. The van der Waals surface area contributed by atoms with Crippen LogP contribution >= 0.6 is 15.9 Å². The van der Waals surface area contributed by atoms with Gasteiger partial charge < -0.3 is 14.8 Å². The number of benzene rings is 1. The highest BCUT2D eigenvalue weighted by molar-refractivity contribution is 9.10. The molecule has 1 aromatic carbocycles. The number of hydrogen-bond acceptors (Lipinski definition) is 3. The van der Waals surface area contributed by atoms with Crippen molar-refractivity contribution in [2.24, 2.45) is 0 Å². The van der Waals surface area contributed by atoms with E-state index in [9.17, 15) is 0 Å². The third-order valence-electron chi connectivity index (χ3n) is 3.96. The van der Waals surface area contributed by atoms with Gasteiger partial charge in [-0.3, -0.25) is 0 Å². The van der Waals surface area contributed by atoms with Crippen molar-refractivity contribution in [1.82, 2.24) is 0 Å². The second-order valence-electron chi connectivity index (χ2n) is 5.00. The van der Waals surface area contributed by atoms with Crippen molar-refractivity contribution in [2.45, 2.75) is 18.2 Å². The van der Waals surface area contributed by atoms with Gasteiger partial charge in [0.15, 0.2) is 0 Å². The lowest BCUT2D eigenvalue weighted by Crippen LogP contribution is -2.33. The fourth-order valence-electron chi connectivity index (χ4n) is 2.88. The average Bonchev–Trinajstić information content (AvgIpc) is 2.51. The number of hydrogen-bond donors (Lipinski definition) is 1. The summed E-state index contributed by atoms with van der Waals surface area (Å²) >= 11 is 3.54. The van der Waals surface area contributed by atoms with Crippen molar-refractivity contribution in [2.75, 3.05) is 26.1 Å². The van der Waals surface area contributed by atoms with Crippen molar-refractivity contribution in [1.29, 1.82) is 0 Å². The monoisotopic (exact) mass is 336 g/mol. The van der Waals surface area contributed by atoms with E-state index in [1.54, 1.807) is 14.2 Å². The summed E-state index contributed by atoms with van der Waals surface area (Å²) in [6.45, 7) is 0.603. The van der Waals surface area contributed by atoms with Crippen LogP contribution in [0, 0.1) is 0 Å². The topological polar surface area (TPSA) is 30.5 Å². The second-order valence-corrected chi connectivity index (χ2v) is 5.92. The second kappa shape index (κ2) is 5.17. The SMILES string of the molecule is [2H]C1CNc2c(OC)cc(Br)cc2[C@]12C=CC(OC)=CC2. The number of methoxy groups -OCH3 is 2. The van der Waals surface area contributed by atoms with Crippen molar-refractivity contribution < 1.29 is 10.8 Å². The lowest BCUT2D eigenvalue weighted by molar-refractivity contribution is 0.298. The molecule has 2 atom stereocenters. The summed E-state index contributed by atoms with van der Waals surface area (Å²) in [7, 11) is 3.34. The van der Waals surface area contributed by atoms with E-state index in [4.69, 9.17) is 10.8 Å². The maximum Gasteiger partial charge on any atom is 0.143 e. The van der Waals surface area contributed by atoms with Gasteiger partial charge in [0.05, 0.1) is 19.9 Å². The predicted octanol–water partition coefficient (Wildman–Crippen LogP) is 4.00. The van der Waals surface area contributed by atoms with Gasteiger partial charge in [0.2, 0.25) is 0 Å². The van der Waals surface area contributed by atoms with Crippen LogP contribution in [0.4, 0.5) is 5.69 Å². The maximum absolute atomic E-state index is 8.53. The molecule has 20 heavy (non-hydrogen) atoms. The van der Waals surface area contributed by atoms with E-state index in [-0.39, 0.29) is 11.8 Å². The number of nitrogens with one attached hydrogen (secondary N) is 1. The molecule has 1 N–H and O–H groups in total. The highest BCUT2D eigenvalue weighted by atomic mass is 79.9. The van der Waals surface area contributed by atoms with Gasteiger partial charge in [-0.2, -0.15) is 0 Å². The Balaban J connectivity index is 2.15. The van der Waals surface area contributed by atoms with Crippen LogP contribution in [0.25, 0.3) is 0 Å². The molecule has 0 saturated carbocycles. The zero-order valence-electron chi connectivity index (χ0n) is 12.6. The molecule has 106 valence electrons. The summed E-state index contributed by atoms with van der Waals surface area (Å²) in [5, 5.41) is 3.34. The van der Waals surface area contributed by atoms with Crippen LogP contribution in [-0.2, 0) is 10.2 Å². The summed E-state index contributed by atoms with van der Waals surface area (Å²) < 4.78 is 20.3. The predicted molar refractivity (Wildman–Crippen MR) is 84.3 cm³/mol. The summed E-state index contributed by atoms with van der Waals surface area (Å²) in [4.78, 5) is 0. The van der Waals surface area contributed by atoms with Crippen LogP contribution < -0.4 is 10.1 Å². The molecular formula is C16H18BrNO2. The van der Waals surface area contributed by atoms with Gasteiger partial charge in [-0.1, -0.05) is 22.0 Å². The molecule has 4 heteroatoms. The molecule has 0 bridgehead atoms. The smallest absolute Gasteiger partial charge is 0.143 e. The normalized spacial score (nSPS) is 28.2. The van der Waals surface area contributed by atoms with E-state index in [1.807, 2.05) is 12.1 Å². The van der Waals surface area contributed by atoms with E-state index < -0.39 is 0 Å². The quantitative estimate of drug-likeness (QED) is 0.885. The van der Waals surface area contributed by atoms with Crippen LogP contribution in [0.1, 0.15) is 19.8 Å². The lowest BCUT2D eigenvalue weighted by atomic mass is 9.70. The highest BCUT2D eigenvalue weighted by Crippen LogP contribution is 2.48. The van der Waals surface area contributed by atoms with Crippen molar-refractivity contribution in [3.8, 4) is 5.75 Å². The molecule has 1 unspecified atom stereocenters. The first-order valence-corrected chi connectivity index (χ1v) is 7.37. The van der Waals surface area contributed by atoms with Crippen LogP contribution in [-0.4, -0.2) is 20.8 Å². The van der Waals surface area contributed by atoms with Crippen LogP contribution in [0.15, 0.2) is 40.6 Å². The molecule has 1 aromatic rings. The number of halogens is 1. The maximum atomic E-state index is 8.53. The van der Waals surface area contributed by atoms with Gasteiger partial charge in [0.1, 0.15) is 11.5 Å². The third kappa shape index (κ3) is 2.12. The Labute approximate surface area is 129 Å². The molecule has 1 heterocycles. The summed E-state index contributed by atoms with van der Waals surface area (Å²) in [5.74, 6) is 1.66. The minimum atomic E-state index is -0.334. The standard InChI is InChI=1S/C16H18BrNO2/c1-19-12-3-5-16(6-4-12)7-8-18-15-13(16)9-11(17)10-14(15)20-2/h3-5,9-10,18H,6-8H2,1-2H3/t16-/m0/s1/i7D/t7?,16-. The van der Waals surface area contributed by atoms with Crippen molar-refractivity contribution in [3.63, 3.8) is 0 Å². The van der Waals surface area contributed by atoms with Gasteiger partial charge in [-0.15, -0.1) is 0 Å². The number of rotatable bonds is 2. The Hall–Kier alpha value is -1.42. The van der Waals surface area contributed by atoms with E-state index in [0.29, 0.717) is 6.54 Å². The number of anilines is 1. The Kier molecular flexibility index (Phi) is 3.19. The van der Waals surface area contributed by atoms with Crippen LogP contribution in [0.2, 0.25) is 0 Å².